The van der Waals surface area contributed by atoms with Gasteiger partial charge in [-0.2, -0.15) is 4.98 Å². The van der Waals surface area contributed by atoms with Gasteiger partial charge in [0.1, 0.15) is 5.65 Å². The van der Waals surface area contributed by atoms with Gasteiger partial charge in [-0.05, 0) is 82.8 Å². The maximum atomic E-state index is 14.1. The number of amides is 2. The third-order valence-electron chi connectivity index (χ3n) is 6.42. The molecule has 0 saturated heterocycles. The highest BCUT2D eigenvalue weighted by atomic mass is 127. The molecule has 0 saturated carbocycles. The number of carbonyl (C=O) groups is 2. The topological polar surface area (TPSA) is 118 Å². The average Bonchev–Trinajstić information content (AvgIpc) is 3.00. The highest BCUT2D eigenvalue weighted by Crippen LogP contribution is 2.32. The van der Waals surface area contributed by atoms with Gasteiger partial charge >= 0.3 is 0 Å². The third-order valence-corrected chi connectivity index (χ3v) is 7.64. The van der Waals surface area contributed by atoms with Crippen LogP contribution in [-0.2, 0) is 16.1 Å². The minimum atomic E-state index is -0.362. The lowest BCUT2D eigenvalue weighted by Crippen LogP contribution is -2.24. The summed E-state index contributed by atoms with van der Waals surface area (Å²) in [6, 6.07) is 21.5. The number of anilines is 4. The highest BCUT2D eigenvalue weighted by Gasteiger charge is 2.18. The minimum absolute atomic E-state index is 0.183. The normalized spacial score (nSPS) is 10.7. The number of nitrogens with one attached hydrogen (secondary N) is 3. The van der Waals surface area contributed by atoms with Gasteiger partial charge in [-0.15, -0.1) is 0 Å². The summed E-state index contributed by atoms with van der Waals surface area (Å²) < 4.78 is 2.40. The van der Waals surface area contributed by atoms with Gasteiger partial charge in [0.2, 0.25) is 17.8 Å². The Morgan fingerprint density at radius 1 is 0.930 bits per heavy atom. The standard InChI is InChI=1S/C32H24ClIN6O3/c1-3-27(41)36-21-14-12-19(13-15-21)18-40-30-20(16-22(31(40)43)29-23(33)8-7-9-24(29)34)17-35-32(39-30)38-26-11-6-5-10-25(26)37-28(42)4-2/h3-17H,1-2,18H2,(H,36,41)(H,37,42)(H,35,38,39). The number of pyridine rings is 1. The SMILES string of the molecule is C=CC(=O)Nc1ccc(Cn2c(=O)c(-c3c(Cl)cccc3I)cc3cnc(Nc4ccccc4NC(=O)C=C)nc32)cc1. The molecule has 0 spiro atoms. The summed E-state index contributed by atoms with van der Waals surface area (Å²) in [5.74, 6) is -0.456. The molecule has 0 fully saturated rings. The van der Waals surface area contributed by atoms with Gasteiger partial charge in [0, 0.05) is 31.4 Å². The van der Waals surface area contributed by atoms with Gasteiger partial charge in [-0.3, -0.25) is 19.0 Å². The Balaban J connectivity index is 1.62. The molecule has 0 aliphatic rings. The summed E-state index contributed by atoms with van der Waals surface area (Å²) in [5, 5.41) is 9.69. The van der Waals surface area contributed by atoms with Crippen LogP contribution in [0.25, 0.3) is 22.2 Å². The number of rotatable bonds is 9. The molecule has 3 aromatic carbocycles. The molecule has 2 aromatic heterocycles. The molecule has 0 bridgehead atoms. The Kier molecular flexibility index (Phi) is 8.98. The minimum Gasteiger partial charge on any atom is -0.323 e. The van der Waals surface area contributed by atoms with Gasteiger partial charge < -0.3 is 16.0 Å². The quantitative estimate of drug-likeness (QED) is 0.116. The van der Waals surface area contributed by atoms with E-state index in [9.17, 15) is 14.4 Å². The molecule has 5 aromatic rings. The lowest BCUT2D eigenvalue weighted by atomic mass is 10.1. The molecule has 0 atom stereocenters. The van der Waals surface area contributed by atoms with Crippen molar-refractivity contribution >= 4 is 80.1 Å². The van der Waals surface area contributed by atoms with Gasteiger partial charge in [0.25, 0.3) is 5.56 Å². The van der Waals surface area contributed by atoms with E-state index < -0.39 is 0 Å². The van der Waals surface area contributed by atoms with Gasteiger partial charge in [-0.25, -0.2) is 4.98 Å². The maximum absolute atomic E-state index is 14.1. The van der Waals surface area contributed by atoms with Crippen molar-refractivity contribution in [1.82, 2.24) is 14.5 Å². The Hall–Kier alpha value is -4.81. The van der Waals surface area contributed by atoms with Crippen LogP contribution in [0.3, 0.4) is 0 Å². The second-order valence-corrected chi connectivity index (χ2v) is 10.8. The first-order valence-corrected chi connectivity index (χ1v) is 14.4. The molecule has 0 aliphatic heterocycles. The number of fused-ring (bicyclic) bond motifs is 1. The molecule has 2 heterocycles. The van der Waals surface area contributed by atoms with E-state index in [4.69, 9.17) is 16.6 Å². The first-order valence-electron chi connectivity index (χ1n) is 12.9. The van der Waals surface area contributed by atoms with Crippen LogP contribution in [0.5, 0.6) is 0 Å². The molecule has 5 rings (SSSR count). The fraction of sp³-hybridized carbons (Fsp3) is 0.0312. The van der Waals surface area contributed by atoms with Crippen LogP contribution in [0.4, 0.5) is 23.0 Å². The van der Waals surface area contributed by atoms with Crippen LogP contribution < -0.4 is 21.5 Å². The summed E-state index contributed by atoms with van der Waals surface area (Å²) in [6.07, 6.45) is 4.00. The summed E-state index contributed by atoms with van der Waals surface area (Å²) in [6.45, 7) is 7.15. The second-order valence-electron chi connectivity index (χ2n) is 9.27. The lowest BCUT2D eigenvalue weighted by Gasteiger charge is -2.16. The van der Waals surface area contributed by atoms with E-state index in [1.54, 1.807) is 53.2 Å². The van der Waals surface area contributed by atoms with Crippen LogP contribution in [0.1, 0.15) is 5.56 Å². The molecule has 0 aliphatic carbocycles. The van der Waals surface area contributed by atoms with Gasteiger partial charge in [-0.1, -0.05) is 55.1 Å². The van der Waals surface area contributed by atoms with E-state index in [1.165, 1.54) is 12.2 Å². The van der Waals surface area contributed by atoms with Crippen molar-refractivity contribution in [1.29, 1.82) is 0 Å². The number of para-hydroxylation sites is 2. The van der Waals surface area contributed by atoms with Crippen molar-refractivity contribution in [2.24, 2.45) is 0 Å². The van der Waals surface area contributed by atoms with Crippen LogP contribution >= 0.6 is 34.2 Å². The smallest absolute Gasteiger partial charge is 0.260 e. The molecule has 9 nitrogen and oxygen atoms in total. The number of benzene rings is 3. The van der Waals surface area contributed by atoms with Crippen molar-refractivity contribution in [2.75, 3.05) is 16.0 Å². The molecular weight excluding hydrogens is 679 g/mol. The number of carbonyl (C=O) groups excluding carboxylic acids is 2. The number of nitrogens with zero attached hydrogens (tertiary/aromatic N) is 3. The summed E-state index contributed by atoms with van der Waals surface area (Å²) in [7, 11) is 0. The van der Waals surface area contributed by atoms with Crippen LogP contribution in [0.15, 0.2) is 109 Å². The van der Waals surface area contributed by atoms with Gasteiger partial charge in [0.05, 0.1) is 23.5 Å². The number of hydrogen-bond acceptors (Lipinski definition) is 6. The summed E-state index contributed by atoms with van der Waals surface area (Å²) >= 11 is 8.74. The summed E-state index contributed by atoms with van der Waals surface area (Å²) in [5.41, 5.74) is 3.63. The van der Waals surface area contributed by atoms with Crippen molar-refractivity contribution in [3.8, 4) is 11.1 Å². The second kappa shape index (κ2) is 13.0. The molecule has 3 N–H and O–H groups in total. The molecule has 0 unspecified atom stereocenters. The Morgan fingerprint density at radius 2 is 1.63 bits per heavy atom. The van der Waals surface area contributed by atoms with Crippen molar-refractivity contribution < 1.29 is 9.59 Å². The van der Waals surface area contributed by atoms with Crippen molar-refractivity contribution in [3.05, 3.63) is 129 Å². The monoisotopic (exact) mass is 702 g/mol. The van der Waals surface area contributed by atoms with Crippen LogP contribution in [-0.4, -0.2) is 26.3 Å². The van der Waals surface area contributed by atoms with Crippen LogP contribution in [0.2, 0.25) is 5.02 Å². The molecule has 2 amide bonds. The number of halogens is 2. The average molecular weight is 703 g/mol. The van der Waals surface area contributed by atoms with E-state index in [1.807, 2.05) is 30.3 Å². The van der Waals surface area contributed by atoms with E-state index in [0.717, 1.165) is 9.13 Å². The lowest BCUT2D eigenvalue weighted by molar-refractivity contribution is -0.112. The fourth-order valence-electron chi connectivity index (χ4n) is 4.37. The highest BCUT2D eigenvalue weighted by molar-refractivity contribution is 14.1. The zero-order valence-electron chi connectivity index (χ0n) is 22.6. The van der Waals surface area contributed by atoms with E-state index >= 15 is 0 Å². The largest absolute Gasteiger partial charge is 0.323 e. The molecule has 43 heavy (non-hydrogen) atoms. The van der Waals surface area contributed by atoms with E-state index in [0.29, 0.717) is 44.2 Å². The van der Waals surface area contributed by atoms with Crippen LogP contribution in [0, 0.1) is 3.57 Å². The predicted octanol–water partition coefficient (Wildman–Crippen LogP) is 6.76. The van der Waals surface area contributed by atoms with E-state index in [2.05, 4.69) is 56.7 Å². The Morgan fingerprint density at radius 3 is 2.33 bits per heavy atom. The maximum Gasteiger partial charge on any atom is 0.260 e. The number of aromatic nitrogens is 3. The molecule has 214 valence electrons. The molecule has 11 heteroatoms. The van der Waals surface area contributed by atoms with Crippen molar-refractivity contribution in [3.63, 3.8) is 0 Å². The zero-order chi connectivity index (χ0) is 30.5. The third kappa shape index (κ3) is 6.65. The van der Waals surface area contributed by atoms with E-state index in [-0.39, 0.29) is 29.9 Å². The first kappa shape index (κ1) is 29.7. The summed E-state index contributed by atoms with van der Waals surface area (Å²) in [4.78, 5) is 47.0. The zero-order valence-corrected chi connectivity index (χ0v) is 25.5. The van der Waals surface area contributed by atoms with Crippen molar-refractivity contribution in [2.45, 2.75) is 6.54 Å². The Bertz CT molecular complexity index is 1940. The number of hydrogen-bond donors (Lipinski definition) is 3. The van der Waals surface area contributed by atoms with Gasteiger partial charge in [0.15, 0.2) is 0 Å². The predicted molar refractivity (Wildman–Crippen MR) is 180 cm³/mol. The molecular formula is C32H24ClIN6O3. The molecule has 0 radical (unpaired) electrons. The first-order chi connectivity index (χ1) is 20.8. The fourth-order valence-corrected chi connectivity index (χ4v) is 5.60. The Labute approximate surface area is 265 Å².